The molecule has 0 aromatic rings. The third-order valence-corrected chi connectivity index (χ3v) is 6.73. The van der Waals surface area contributed by atoms with Crippen molar-refractivity contribution in [2.24, 2.45) is 29.1 Å². The summed E-state index contributed by atoms with van der Waals surface area (Å²) in [7, 11) is 0. The molecule has 0 heterocycles. The summed E-state index contributed by atoms with van der Waals surface area (Å²) >= 11 is 0. The second-order valence-corrected chi connectivity index (χ2v) is 8.49. The van der Waals surface area contributed by atoms with Crippen LogP contribution >= 0.6 is 0 Å². The Hall–Kier alpha value is -0.330. The quantitative estimate of drug-likeness (QED) is 0.713. The maximum absolute atomic E-state index is 12.5. The van der Waals surface area contributed by atoms with Gasteiger partial charge >= 0.3 is 0 Å². The highest BCUT2D eigenvalue weighted by molar-refractivity contribution is 5.79. The van der Waals surface area contributed by atoms with E-state index in [1.807, 2.05) is 0 Å². The van der Waals surface area contributed by atoms with E-state index >= 15 is 0 Å². The van der Waals surface area contributed by atoms with Gasteiger partial charge in [0.15, 0.2) is 0 Å². The molecule has 0 N–H and O–H groups in total. The molecule has 5 aliphatic rings. The molecule has 0 atom stereocenters. The average molecular weight is 260 g/mol. The van der Waals surface area contributed by atoms with E-state index < -0.39 is 0 Å². The first-order chi connectivity index (χ1) is 9.21. The summed E-state index contributed by atoms with van der Waals surface area (Å²) in [5.41, 5.74) is 0.477. The fourth-order valence-corrected chi connectivity index (χ4v) is 6.53. The van der Waals surface area contributed by atoms with Crippen LogP contribution in [0.3, 0.4) is 0 Å². The largest absolute Gasteiger partial charge is 0.300 e. The minimum Gasteiger partial charge on any atom is -0.300 e. The molecule has 0 aliphatic heterocycles. The van der Waals surface area contributed by atoms with Crippen LogP contribution in [0, 0.1) is 29.1 Å². The molecule has 5 rings (SSSR count). The van der Waals surface area contributed by atoms with Crippen molar-refractivity contribution in [2.75, 3.05) is 0 Å². The molecule has 0 radical (unpaired) electrons. The molecule has 5 saturated carbocycles. The molecule has 0 aromatic heterocycles. The summed E-state index contributed by atoms with van der Waals surface area (Å²) in [6, 6.07) is 0. The van der Waals surface area contributed by atoms with Crippen LogP contribution in [0.2, 0.25) is 0 Å². The van der Waals surface area contributed by atoms with Gasteiger partial charge in [0.2, 0.25) is 0 Å². The highest BCUT2D eigenvalue weighted by atomic mass is 16.1. The lowest BCUT2D eigenvalue weighted by atomic mass is 9.48. The van der Waals surface area contributed by atoms with Crippen molar-refractivity contribution in [2.45, 2.75) is 77.0 Å². The molecule has 0 saturated heterocycles. The topological polar surface area (TPSA) is 17.1 Å². The number of ketones is 1. The molecule has 1 heteroatoms. The van der Waals surface area contributed by atoms with E-state index in [9.17, 15) is 4.79 Å². The van der Waals surface area contributed by atoms with Crippen molar-refractivity contribution >= 4 is 5.78 Å². The zero-order valence-electron chi connectivity index (χ0n) is 12.2. The van der Waals surface area contributed by atoms with E-state index in [0.717, 1.165) is 36.5 Å². The molecule has 106 valence electrons. The smallest absolute Gasteiger partial charge is 0.133 e. The molecule has 19 heavy (non-hydrogen) atoms. The lowest BCUT2D eigenvalue weighted by Gasteiger charge is -2.56. The molecule has 0 amide bonds. The fraction of sp³-hybridized carbons (Fsp3) is 0.944. The summed E-state index contributed by atoms with van der Waals surface area (Å²) in [4.78, 5) is 12.5. The Balaban J connectivity index is 1.40. The number of hydrogen-bond donors (Lipinski definition) is 0. The Labute approximate surface area is 117 Å². The summed E-state index contributed by atoms with van der Waals surface area (Å²) in [6.07, 6.45) is 15.9. The standard InChI is InChI=1S/C18H28O/c19-17(8-13-3-1-2-4-13)12-18-9-14-5-15(10-18)7-16(6-14)11-18/h13-16H,1-12H2. The molecule has 0 spiro atoms. The minimum atomic E-state index is 0.477. The predicted octanol–water partition coefficient (Wildman–Crippen LogP) is 4.74. The van der Waals surface area contributed by atoms with E-state index in [1.54, 1.807) is 0 Å². The van der Waals surface area contributed by atoms with Gasteiger partial charge in [0.1, 0.15) is 5.78 Å². The van der Waals surface area contributed by atoms with Gasteiger partial charge in [0.25, 0.3) is 0 Å². The van der Waals surface area contributed by atoms with Crippen molar-refractivity contribution in [3.63, 3.8) is 0 Å². The van der Waals surface area contributed by atoms with Gasteiger partial charge in [-0.3, -0.25) is 4.79 Å². The Morgan fingerprint density at radius 1 is 0.895 bits per heavy atom. The minimum absolute atomic E-state index is 0.477. The van der Waals surface area contributed by atoms with Crippen LogP contribution in [0.5, 0.6) is 0 Å². The van der Waals surface area contributed by atoms with E-state index in [1.165, 1.54) is 64.2 Å². The first-order valence-corrected chi connectivity index (χ1v) is 8.72. The predicted molar refractivity (Wildman–Crippen MR) is 76.8 cm³/mol. The third kappa shape index (κ3) is 2.38. The third-order valence-electron chi connectivity index (χ3n) is 6.73. The van der Waals surface area contributed by atoms with E-state index in [0.29, 0.717) is 11.2 Å². The lowest BCUT2D eigenvalue weighted by molar-refractivity contribution is -0.128. The van der Waals surface area contributed by atoms with Crippen LogP contribution in [0.4, 0.5) is 0 Å². The SMILES string of the molecule is O=C(CC1CCCC1)CC12CC3CC(CC(C3)C1)C2. The Bertz CT molecular complexity index is 329. The van der Waals surface area contributed by atoms with Crippen LogP contribution in [-0.4, -0.2) is 5.78 Å². The highest BCUT2D eigenvalue weighted by Crippen LogP contribution is 2.61. The highest BCUT2D eigenvalue weighted by Gasteiger charge is 2.51. The second kappa shape index (κ2) is 4.60. The number of rotatable bonds is 4. The normalized spacial score (nSPS) is 44.9. The van der Waals surface area contributed by atoms with Gasteiger partial charge in [0.05, 0.1) is 0 Å². The van der Waals surface area contributed by atoms with Gasteiger partial charge in [-0.25, -0.2) is 0 Å². The second-order valence-electron chi connectivity index (χ2n) is 8.49. The molecular formula is C18H28O. The van der Waals surface area contributed by atoms with Crippen LogP contribution in [0.25, 0.3) is 0 Å². The zero-order chi connectivity index (χ0) is 12.9. The van der Waals surface area contributed by atoms with Gasteiger partial charge in [-0.05, 0) is 67.6 Å². The molecule has 5 fully saturated rings. The van der Waals surface area contributed by atoms with Crippen molar-refractivity contribution in [3.05, 3.63) is 0 Å². The summed E-state index contributed by atoms with van der Waals surface area (Å²) in [5.74, 6) is 4.34. The van der Waals surface area contributed by atoms with E-state index in [-0.39, 0.29) is 0 Å². The molecular weight excluding hydrogens is 232 g/mol. The monoisotopic (exact) mass is 260 g/mol. The fourth-order valence-electron chi connectivity index (χ4n) is 6.53. The number of carbonyl (C=O) groups excluding carboxylic acids is 1. The van der Waals surface area contributed by atoms with Crippen LogP contribution in [0.15, 0.2) is 0 Å². The maximum Gasteiger partial charge on any atom is 0.133 e. The maximum atomic E-state index is 12.5. The first kappa shape index (κ1) is 12.4. The number of carbonyl (C=O) groups is 1. The Morgan fingerprint density at radius 3 is 1.95 bits per heavy atom. The van der Waals surface area contributed by atoms with Crippen molar-refractivity contribution in [1.29, 1.82) is 0 Å². The van der Waals surface area contributed by atoms with Crippen molar-refractivity contribution < 1.29 is 4.79 Å². The molecule has 0 aromatic carbocycles. The molecule has 0 unspecified atom stereocenters. The molecule has 5 aliphatic carbocycles. The number of Topliss-reactive ketones (excluding diaryl/α,β-unsaturated/α-hetero) is 1. The van der Waals surface area contributed by atoms with Gasteiger partial charge in [-0.1, -0.05) is 25.7 Å². The van der Waals surface area contributed by atoms with Crippen molar-refractivity contribution in [3.8, 4) is 0 Å². The first-order valence-electron chi connectivity index (χ1n) is 8.72. The van der Waals surface area contributed by atoms with E-state index in [2.05, 4.69) is 0 Å². The van der Waals surface area contributed by atoms with Gasteiger partial charge < -0.3 is 0 Å². The van der Waals surface area contributed by atoms with Gasteiger partial charge in [0, 0.05) is 12.8 Å². The number of hydrogen-bond acceptors (Lipinski definition) is 1. The van der Waals surface area contributed by atoms with Gasteiger partial charge in [-0.15, -0.1) is 0 Å². The van der Waals surface area contributed by atoms with Crippen LogP contribution in [0.1, 0.15) is 77.0 Å². The Morgan fingerprint density at radius 2 is 1.42 bits per heavy atom. The summed E-state index contributed by atoms with van der Waals surface area (Å²) < 4.78 is 0. The lowest BCUT2D eigenvalue weighted by Crippen LogP contribution is -2.46. The molecule has 1 nitrogen and oxygen atoms in total. The van der Waals surface area contributed by atoms with Crippen molar-refractivity contribution in [1.82, 2.24) is 0 Å². The van der Waals surface area contributed by atoms with E-state index in [4.69, 9.17) is 0 Å². The molecule has 4 bridgehead atoms. The summed E-state index contributed by atoms with van der Waals surface area (Å²) in [6.45, 7) is 0. The Kier molecular flexibility index (Phi) is 3.01. The van der Waals surface area contributed by atoms with Crippen LogP contribution < -0.4 is 0 Å². The zero-order valence-corrected chi connectivity index (χ0v) is 12.2. The van der Waals surface area contributed by atoms with Crippen LogP contribution in [-0.2, 0) is 4.79 Å². The average Bonchev–Trinajstić information content (AvgIpc) is 2.78. The summed E-state index contributed by atoms with van der Waals surface area (Å²) in [5, 5.41) is 0. The van der Waals surface area contributed by atoms with Gasteiger partial charge in [-0.2, -0.15) is 0 Å².